The van der Waals surface area contributed by atoms with Crippen molar-refractivity contribution in [1.82, 2.24) is 4.98 Å². The molecular weight excluding hydrogens is 250 g/mol. The summed E-state index contributed by atoms with van der Waals surface area (Å²) in [4.78, 5) is 17.3. The van der Waals surface area contributed by atoms with Gasteiger partial charge in [0, 0.05) is 4.88 Å². The monoisotopic (exact) mass is 265 g/mol. The fraction of sp³-hybridized carbons (Fsp3) is 0.385. The molecule has 5 heteroatoms. The van der Waals surface area contributed by atoms with Crippen LogP contribution in [0.25, 0.3) is 10.8 Å². The van der Waals surface area contributed by atoms with Crippen LogP contribution in [0.1, 0.15) is 24.4 Å². The van der Waals surface area contributed by atoms with Gasteiger partial charge in [-0.15, -0.1) is 11.3 Å². The smallest absolute Gasteiger partial charge is 0.317 e. The molecule has 2 heterocycles. The Morgan fingerprint density at radius 2 is 2.22 bits per heavy atom. The SMILES string of the molecule is COC(=O)C(C)(C)c1nc(-c2ccco2)sc1C. The molecule has 18 heavy (non-hydrogen) atoms. The highest BCUT2D eigenvalue weighted by Gasteiger charge is 2.35. The molecule has 0 atom stereocenters. The van der Waals surface area contributed by atoms with E-state index in [2.05, 4.69) is 4.98 Å². The van der Waals surface area contributed by atoms with E-state index in [0.717, 1.165) is 21.3 Å². The van der Waals surface area contributed by atoms with E-state index in [1.165, 1.54) is 18.4 Å². The minimum atomic E-state index is -0.750. The molecule has 0 aromatic carbocycles. The van der Waals surface area contributed by atoms with Crippen molar-refractivity contribution in [3.8, 4) is 10.8 Å². The van der Waals surface area contributed by atoms with Crippen LogP contribution in [0.5, 0.6) is 0 Å². The van der Waals surface area contributed by atoms with Crippen LogP contribution in [-0.4, -0.2) is 18.1 Å². The maximum absolute atomic E-state index is 11.8. The second kappa shape index (κ2) is 4.57. The Morgan fingerprint density at radius 1 is 1.50 bits per heavy atom. The van der Waals surface area contributed by atoms with Crippen molar-refractivity contribution >= 4 is 17.3 Å². The van der Waals surface area contributed by atoms with Crippen LogP contribution in [0.15, 0.2) is 22.8 Å². The van der Waals surface area contributed by atoms with Crippen LogP contribution in [0.3, 0.4) is 0 Å². The van der Waals surface area contributed by atoms with E-state index in [9.17, 15) is 4.79 Å². The topological polar surface area (TPSA) is 52.3 Å². The lowest BCUT2D eigenvalue weighted by atomic mass is 9.89. The van der Waals surface area contributed by atoms with Crippen molar-refractivity contribution in [2.45, 2.75) is 26.2 Å². The van der Waals surface area contributed by atoms with Crippen LogP contribution < -0.4 is 0 Å². The van der Waals surface area contributed by atoms with Crippen LogP contribution >= 0.6 is 11.3 Å². The van der Waals surface area contributed by atoms with Crippen LogP contribution in [-0.2, 0) is 14.9 Å². The fourth-order valence-corrected chi connectivity index (χ4v) is 2.87. The highest BCUT2D eigenvalue weighted by Crippen LogP contribution is 2.34. The van der Waals surface area contributed by atoms with E-state index >= 15 is 0 Å². The summed E-state index contributed by atoms with van der Waals surface area (Å²) in [7, 11) is 1.39. The fourth-order valence-electron chi connectivity index (χ4n) is 1.83. The zero-order chi connectivity index (χ0) is 13.3. The molecule has 0 bridgehead atoms. The number of carbonyl (C=O) groups excluding carboxylic acids is 1. The predicted molar refractivity (Wildman–Crippen MR) is 69.6 cm³/mol. The van der Waals surface area contributed by atoms with Crippen molar-refractivity contribution in [3.63, 3.8) is 0 Å². The molecule has 0 unspecified atom stereocenters. The minimum absolute atomic E-state index is 0.290. The summed E-state index contributed by atoms with van der Waals surface area (Å²) >= 11 is 1.51. The zero-order valence-electron chi connectivity index (χ0n) is 10.8. The van der Waals surface area contributed by atoms with E-state index in [-0.39, 0.29) is 5.97 Å². The Balaban J connectivity index is 2.44. The van der Waals surface area contributed by atoms with Gasteiger partial charge in [0.1, 0.15) is 5.41 Å². The summed E-state index contributed by atoms with van der Waals surface area (Å²) in [5.41, 5.74) is -0.00839. The van der Waals surface area contributed by atoms with Gasteiger partial charge in [0.2, 0.25) is 0 Å². The Labute approximate surface area is 110 Å². The lowest BCUT2D eigenvalue weighted by Gasteiger charge is -2.19. The molecule has 0 aliphatic rings. The molecule has 0 saturated carbocycles. The third kappa shape index (κ3) is 2.06. The van der Waals surface area contributed by atoms with Crippen molar-refractivity contribution in [2.24, 2.45) is 0 Å². The highest BCUT2D eigenvalue weighted by atomic mass is 32.1. The van der Waals surface area contributed by atoms with Gasteiger partial charge in [0.15, 0.2) is 10.8 Å². The largest absolute Gasteiger partial charge is 0.468 e. The molecule has 4 nitrogen and oxygen atoms in total. The molecule has 0 spiro atoms. The number of furan rings is 1. The molecule has 0 saturated heterocycles. The normalized spacial score (nSPS) is 11.6. The molecular formula is C13H15NO3S. The molecule has 0 radical (unpaired) electrons. The van der Waals surface area contributed by atoms with Gasteiger partial charge >= 0.3 is 5.97 Å². The number of aryl methyl sites for hydroxylation is 1. The second-order valence-electron chi connectivity index (χ2n) is 4.52. The van der Waals surface area contributed by atoms with Gasteiger partial charge < -0.3 is 9.15 Å². The van der Waals surface area contributed by atoms with Gasteiger partial charge in [-0.3, -0.25) is 4.79 Å². The number of esters is 1. The van der Waals surface area contributed by atoms with E-state index in [1.54, 1.807) is 6.26 Å². The molecule has 96 valence electrons. The predicted octanol–water partition coefficient (Wildman–Crippen LogP) is 3.16. The number of ether oxygens (including phenoxy) is 1. The van der Waals surface area contributed by atoms with Gasteiger partial charge in [-0.2, -0.15) is 0 Å². The van der Waals surface area contributed by atoms with E-state index in [4.69, 9.17) is 9.15 Å². The van der Waals surface area contributed by atoms with Crippen molar-refractivity contribution in [2.75, 3.05) is 7.11 Å². The molecule has 2 rings (SSSR count). The van der Waals surface area contributed by atoms with Gasteiger partial charge in [-0.25, -0.2) is 4.98 Å². The molecule has 2 aromatic rings. The first-order valence-electron chi connectivity index (χ1n) is 5.57. The summed E-state index contributed by atoms with van der Waals surface area (Å²) in [6.45, 7) is 5.57. The number of rotatable bonds is 3. The summed E-state index contributed by atoms with van der Waals surface area (Å²) in [5.74, 6) is 0.428. The number of hydrogen-bond acceptors (Lipinski definition) is 5. The number of carbonyl (C=O) groups is 1. The molecule has 2 aromatic heterocycles. The molecule has 0 fully saturated rings. The first kappa shape index (κ1) is 12.8. The summed E-state index contributed by atoms with van der Waals surface area (Å²) in [6, 6.07) is 3.67. The first-order valence-corrected chi connectivity index (χ1v) is 6.38. The summed E-state index contributed by atoms with van der Waals surface area (Å²) < 4.78 is 10.1. The average molecular weight is 265 g/mol. The molecule has 0 aliphatic heterocycles. The van der Waals surface area contributed by atoms with Crippen molar-refractivity contribution < 1.29 is 13.9 Å². The van der Waals surface area contributed by atoms with Crippen molar-refractivity contribution in [3.05, 3.63) is 29.0 Å². The number of hydrogen-bond donors (Lipinski definition) is 0. The maximum Gasteiger partial charge on any atom is 0.317 e. The molecule has 0 aliphatic carbocycles. The van der Waals surface area contributed by atoms with Crippen molar-refractivity contribution in [1.29, 1.82) is 0 Å². The van der Waals surface area contributed by atoms with Crippen LogP contribution in [0, 0.1) is 6.92 Å². The third-order valence-electron chi connectivity index (χ3n) is 2.82. The van der Waals surface area contributed by atoms with Crippen LogP contribution in [0.2, 0.25) is 0 Å². The first-order chi connectivity index (χ1) is 8.46. The Hall–Kier alpha value is -1.62. The minimum Gasteiger partial charge on any atom is -0.468 e. The lowest BCUT2D eigenvalue weighted by Crippen LogP contribution is -2.31. The summed E-state index contributed by atoms with van der Waals surface area (Å²) in [5, 5.41) is 0.782. The van der Waals surface area contributed by atoms with Gasteiger partial charge in [-0.1, -0.05) is 0 Å². The number of nitrogens with zero attached hydrogens (tertiary/aromatic N) is 1. The summed E-state index contributed by atoms with van der Waals surface area (Å²) in [6.07, 6.45) is 1.61. The van der Waals surface area contributed by atoms with Gasteiger partial charge in [-0.05, 0) is 32.9 Å². The number of aromatic nitrogens is 1. The quantitative estimate of drug-likeness (QED) is 0.800. The third-order valence-corrected chi connectivity index (χ3v) is 3.80. The average Bonchev–Trinajstić information content (AvgIpc) is 2.96. The number of thiazole rings is 1. The maximum atomic E-state index is 11.8. The van der Waals surface area contributed by atoms with Crippen LogP contribution in [0.4, 0.5) is 0 Å². The standard InChI is InChI=1S/C13H15NO3S/c1-8-10(13(2,3)12(15)16-4)14-11(18-8)9-6-5-7-17-9/h5-7H,1-4H3. The number of methoxy groups -OCH3 is 1. The van der Waals surface area contributed by atoms with E-state index in [0.29, 0.717) is 0 Å². The Morgan fingerprint density at radius 3 is 2.78 bits per heavy atom. The molecule has 0 N–H and O–H groups in total. The highest BCUT2D eigenvalue weighted by molar-refractivity contribution is 7.15. The zero-order valence-corrected chi connectivity index (χ0v) is 11.6. The lowest BCUT2D eigenvalue weighted by molar-refractivity contribution is -0.146. The second-order valence-corrected chi connectivity index (χ2v) is 5.72. The van der Waals surface area contributed by atoms with E-state index in [1.807, 2.05) is 32.9 Å². The van der Waals surface area contributed by atoms with E-state index < -0.39 is 5.41 Å². The van der Waals surface area contributed by atoms with Gasteiger partial charge in [0.05, 0.1) is 19.1 Å². The molecule has 0 amide bonds. The Kier molecular flexibility index (Phi) is 3.26. The van der Waals surface area contributed by atoms with Gasteiger partial charge in [0.25, 0.3) is 0 Å². The Bertz CT molecular complexity index is 555.